The van der Waals surface area contributed by atoms with Gasteiger partial charge in [0.1, 0.15) is 12.5 Å². The second kappa shape index (κ2) is 7.99. The molecule has 10 heteroatoms. The van der Waals surface area contributed by atoms with E-state index in [9.17, 15) is 9.59 Å². The number of ether oxygens (including phenoxy) is 1. The molecule has 28 heavy (non-hydrogen) atoms. The van der Waals surface area contributed by atoms with Crippen molar-refractivity contribution in [3.63, 3.8) is 0 Å². The number of nitrogens with zero attached hydrogens (tertiary/aromatic N) is 3. The van der Waals surface area contributed by atoms with E-state index in [4.69, 9.17) is 9.15 Å². The first-order valence-corrected chi connectivity index (χ1v) is 9.31. The maximum Gasteiger partial charge on any atom is 0.407 e. The summed E-state index contributed by atoms with van der Waals surface area (Å²) in [5.74, 6) is 1.03. The number of rotatable bonds is 5. The zero-order valence-corrected chi connectivity index (χ0v) is 16.5. The summed E-state index contributed by atoms with van der Waals surface area (Å²) < 4.78 is 10.7. The Balaban J connectivity index is 1.49. The van der Waals surface area contributed by atoms with Crippen LogP contribution in [0.1, 0.15) is 63.4 Å². The van der Waals surface area contributed by atoms with Crippen LogP contribution in [-0.2, 0) is 16.0 Å². The van der Waals surface area contributed by atoms with Gasteiger partial charge in [-0.15, -0.1) is 10.2 Å². The van der Waals surface area contributed by atoms with E-state index in [1.807, 2.05) is 20.8 Å². The quantitative estimate of drug-likeness (QED) is 0.713. The molecule has 1 aliphatic rings. The summed E-state index contributed by atoms with van der Waals surface area (Å²) in [6, 6.07) is 1.80. The van der Waals surface area contributed by atoms with Gasteiger partial charge in [0.2, 0.25) is 17.7 Å². The molecule has 0 spiro atoms. The number of aromatic nitrogens is 4. The number of aryl methyl sites for hydroxylation is 1. The van der Waals surface area contributed by atoms with Crippen molar-refractivity contribution >= 4 is 17.8 Å². The Hall–Kier alpha value is -2.91. The van der Waals surface area contributed by atoms with Crippen molar-refractivity contribution in [3.05, 3.63) is 23.5 Å². The number of aromatic amines is 1. The van der Waals surface area contributed by atoms with E-state index in [-0.39, 0.29) is 35.8 Å². The third-order valence-corrected chi connectivity index (χ3v) is 4.32. The summed E-state index contributed by atoms with van der Waals surface area (Å²) in [6.45, 7) is 7.39. The summed E-state index contributed by atoms with van der Waals surface area (Å²) in [7, 11) is 0. The Morgan fingerprint density at radius 1 is 1.32 bits per heavy atom. The Morgan fingerprint density at radius 2 is 2.11 bits per heavy atom. The molecule has 0 aliphatic heterocycles. The summed E-state index contributed by atoms with van der Waals surface area (Å²) >= 11 is 0. The number of carbonyl (C=O) groups is 2. The Labute approximate surface area is 162 Å². The standard InChI is InChI=1S/C18H26N6O4/c1-10-21-24-16(27-10)9-15(25)19-14-8-13(22-23-14)11-5-6-12(7-11)28-17(26)20-18(2,3)4/h8,11-12H,5-7,9H2,1-4H3,(H,20,26)(H2,19,22,23,25). The number of anilines is 1. The number of nitrogens with one attached hydrogen (secondary N) is 3. The zero-order valence-electron chi connectivity index (χ0n) is 16.5. The minimum absolute atomic E-state index is 0.00867. The normalized spacial score (nSPS) is 19.4. The number of amides is 2. The second-order valence-electron chi connectivity index (χ2n) is 8.06. The lowest BCUT2D eigenvalue weighted by atomic mass is 10.0. The second-order valence-corrected chi connectivity index (χ2v) is 8.06. The minimum atomic E-state index is -0.396. The van der Waals surface area contributed by atoms with Crippen LogP contribution in [0.25, 0.3) is 0 Å². The molecule has 2 atom stereocenters. The highest BCUT2D eigenvalue weighted by Crippen LogP contribution is 2.35. The first-order valence-electron chi connectivity index (χ1n) is 9.31. The first kappa shape index (κ1) is 19.8. The SMILES string of the molecule is Cc1nnc(CC(=O)Nc2cc(C3CCC(OC(=O)NC(C)(C)C)C3)[nH]n2)o1. The van der Waals surface area contributed by atoms with Crippen molar-refractivity contribution in [3.8, 4) is 0 Å². The van der Waals surface area contributed by atoms with Crippen LogP contribution in [0.15, 0.2) is 10.5 Å². The van der Waals surface area contributed by atoms with Gasteiger partial charge in [-0.25, -0.2) is 4.79 Å². The van der Waals surface area contributed by atoms with Crippen LogP contribution >= 0.6 is 0 Å². The van der Waals surface area contributed by atoms with Crippen LogP contribution in [0.2, 0.25) is 0 Å². The minimum Gasteiger partial charge on any atom is -0.446 e. The smallest absolute Gasteiger partial charge is 0.407 e. The van der Waals surface area contributed by atoms with E-state index in [0.29, 0.717) is 18.1 Å². The van der Waals surface area contributed by atoms with Crippen molar-refractivity contribution in [1.82, 2.24) is 25.7 Å². The Kier molecular flexibility index (Phi) is 5.66. The van der Waals surface area contributed by atoms with Gasteiger partial charge in [0.25, 0.3) is 0 Å². The third kappa shape index (κ3) is 5.54. The highest BCUT2D eigenvalue weighted by atomic mass is 16.6. The average Bonchev–Trinajstić information content (AvgIpc) is 3.27. The molecule has 3 N–H and O–H groups in total. The molecule has 2 aromatic rings. The number of alkyl carbamates (subject to hydrolysis) is 1. The summed E-state index contributed by atoms with van der Waals surface area (Å²) in [4.78, 5) is 24.0. The van der Waals surface area contributed by atoms with Crippen molar-refractivity contribution in [2.45, 2.75) is 70.9 Å². The Bertz CT molecular complexity index is 837. The number of hydrogen-bond donors (Lipinski definition) is 3. The predicted molar refractivity (Wildman–Crippen MR) is 99.7 cm³/mol. The van der Waals surface area contributed by atoms with Crippen LogP contribution in [0.3, 0.4) is 0 Å². The van der Waals surface area contributed by atoms with Crippen molar-refractivity contribution < 1.29 is 18.7 Å². The van der Waals surface area contributed by atoms with Crippen molar-refractivity contribution in [2.24, 2.45) is 0 Å². The molecule has 0 radical (unpaired) electrons. The average molecular weight is 390 g/mol. The number of hydrogen-bond acceptors (Lipinski definition) is 7. The molecule has 0 saturated heterocycles. The molecule has 2 unspecified atom stereocenters. The molecular weight excluding hydrogens is 364 g/mol. The van der Waals surface area contributed by atoms with E-state index in [1.165, 1.54) is 0 Å². The monoisotopic (exact) mass is 390 g/mol. The number of H-pyrrole nitrogens is 1. The highest BCUT2D eigenvalue weighted by Gasteiger charge is 2.30. The molecule has 3 rings (SSSR count). The van der Waals surface area contributed by atoms with Gasteiger partial charge in [-0.05, 0) is 40.0 Å². The molecule has 0 bridgehead atoms. The van der Waals surface area contributed by atoms with Gasteiger partial charge < -0.3 is 19.8 Å². The molecule has 10 nitrogen and oxygen atoms in total. The maximum atomic E-state index is 12.1. The summed E-state index contributed by atoms with van der Waals surface area (Å²) in [6.07, 6.45) is 1.85. The van der Waals surface area contributed by atoms with Crippen molar-refractivity contribution in [2.75, 3.05) is 5.32 Å². The van der Waals surface area contributed by atoms with Gasteiger partial charge in [0.05, 0.1) is 0 Å². The molecule has 2 heterocycles. The van der Waals surface area contributed by atoms with E-state index < -0.39 is 6.09 Å². The summed E-state index contributed by atoms with van der Waals surface area (Å²) in [5, 5.41) is 20.1. The molecule has 2 aromatic heterocycles. The fraction of sp³-hybridized carbons (Fsp3) is 0.611. The molecule has 152 valence electrons. The Morgan fingerprint density at radius 3 is 2.79 bits per heavy atom. The van der Waals surface area contributed by atoms with Crippen LogP contribution in [-0.4, -0.2) is 44.0 Å². The molecule has 1 fully saturated rings. The zero-order chi connectivity index (χ0) is 20.3. The third-order valence-electron chi connectivity index (χ3n) is 4.32. The molecule has 2 amide bonds. The highest BCUT2D eigenvalue weighted by molar-refractivity contribution is 5.90. The number of carbonyl (C=O) groups excluding carboxylic acids is 2. The van der Waals surface area contributed by atoms with Gasteiger partial charge in [0, 0.05) is 30.1 Å². The first-order chi connectivity index (χ1) is 13.2. The van der Waals surface area contributed by atoms with E-state index in [2.05, 4.69) is 31.0 Å². The summed E-state index contributed by atoms with van der Waals surface area (Å²) in [5.41, 5.74) is 0.581. The lowest BCUT2D eigenvalue weighted by Crippen LogP contribution is -2.42. The lowest BCUT2D eigenvalue weighted by molar-refractivity contribution is -0.115. The fourth-order valence-electron chi connectivity index (χ4n) is 3.16. The van der Waals surface area contributed by atoms with Crippen LogP contribution in [0, 0.1) is 6.92 Å². The molecule has 1 aliphatic carbocycles. The fourth-order valence-corrected chi connectivity index (χ4v) is 3.16. The topological polar surface area (TPSA) is 135 Å². The van der Waals surface area contributed by atoms with Gasteiger partial charge in [-0.3, -0.25) is 9.89 Å². The predicted octanol–water partition coefficient (Wildman–Crippen LogP) is 2.44. The van der Waals surface area contributed by atoms with E-state index in [1.54, 1.807) is 13.0 Å². The van der Waals surface area contributed by atoms with E-state index in [0.717, 1.165) is 18.5 Å². The molecule has 1 saturated carbocycles. The van der Waals surface area contributed by atoms with Gasteiger partial charge in [0.15, 0.2) is 5.82 Å². The molecule has 0 aromatic carbocycles. The van der Waals surface area contributed by atoms with Gasteiger partial charge in [-0.1, -0.05) is 0 Å². The van der Waals surface area contributed by atoms with Gasteiger partial charge >= 0.3 is 6.09 Å². The van der Waals surface area contributed by atoms with E-state index >= 15 is 0 Å². The van der Waals surface area contributed by atoms with Gasteiger partial charge in [-0.2, -0.15) is 5.10 Å². The molecular formula is C18H26N6O4. The van der Waals surface area contributed by atoms with Crippen LogP contribution in [0.5, 0.6) is 0 Å². The van der Waals surface area contributed by atoms with Crippen LogP contribution < -0.4 is 10.6 Å². The van der Waals surface area contributed by atoms with Crippen LogP contribution in [0.4, 0.5) is 10.6 Å². The lowest BCUT2D eigenvalue weighted by Gasteiger charge is -2.22. The van der Waals surface area contributed by atoms with Crippen molar-refractivity contribution in [1.29, 1.82) is 0 Å². The largest absolute Gasteiger partial charge is 0.446 e. The maximum absolute atomic E-state index is 12.1.